The summed E-state index contributed by atoms with van der Waals surface area (Å²) in [5.74, 6) is -3.91. The van der Waals surface area contributed by atoms with Gasteiger partial charge in [-0.15, -0.1) is 0 Å². The number of hydrogen-bond acceptors (Lipinski definition) is 3. The van der Waals surface area contributed by atoms with Crippen LogP contribution in [0.4, 0.5) is 10.1 Å². The summed E-state index contributed by atoms with van der Waals surface area (Å²) >= 11 is 5.81. The molecule has 0 aliphatic rings. The molecular weight excluding hydrogens is 327 g/mol. The molecule has 0 radical (unpaired) electrons. The predicted molar refractivity (Wildman–Crippen MR) is 81.6 cm³/mol. The molecule has 0 saturated carbocycles. The fraction of sp³-hybridized carbons (Fsp3) is 0.133. The molecule has 2 aromatic rings. The van der Waals surface area contributed by atoms with Crippen molar-refractivity contribution < 1.29 is 23.9 Å². The second-order valence-corrected chi connectivity index (χ2v) is 5.24. The average molecular weight is 339 g/mol. The Bertz CT molecular complexity index is 829. The normalized spacial score (nSPS) is 10.4. The monoisotopic (exact) mass is 338 g/mol. The van der Waals surface area contributed by atoms with Gasteiger partial charge in [0, 0.05) is 5.69 Å². The SMILES string of the molecule is Cc1cc(NC(=O)c2[nH]c(Cl)c(C(=O)C(=O)O)c2C)ccc1F. The minimum atomic E-state index is -1.67. The zero-order valence-electron chi connectivity index (χ0n) is 12.2. The second kappa shape index (κ2) is 6.21. The van der Waals surface area contributed by atoms with E-state index in [0.717, 1.165) is 0 Å². The molecule has 0 aliphatic heterocycles. The van der Waals surface area contributed by atoms with Crippen molar-refractivity contribution in [1.29, 1.82) is 0 Å². The maximum Gasteiger partial charge on any atom is 0.377 e. The molecule has 23 heavy (non-hydrogen) atoms. The van der Waals surface area contributed by atoms with E-state index in [0.29, 0.717) is 11.3 Å². The molecule has 1 aromatic carbocycles. The van der Waals surface area contributed by atoms with Crippen molar-refractivity contribution in [3.63, 3.8) is 0 Å². The quantitative estimate of drug-likeness (QED) is 0.589. The highest BCUT2D eigenvalue weighted by Gasteiger charge is 2.27. The minimum Gasteiger partial charge on any atom is -0.475 e. The molecule has 0 atom stereocenters. The van der Waals surface area contributed by atoms with Gasteiger partial charge in [0.15, 0.2) is 0 Å². The number of hydrogen-bond donors (Lipinski definition) is 3. The standard InChI is InChI=1S/C15H12ClFN2O4/c1-6-5-8(3-4-9(6)17)18-14(21)11-7(2)10(13(16)19-11)12(20)15(22)23/h3-5,19H,1-2H3,(H,18,21)(H,22,23). The van der Waals surface area contributed by atoms with Crippen LogP contribution in [0.1, 0.15) is 32.0 Å². The van der Waals surface area contributed by atoms with Gasteiger partial charge in [-0.2, -0.15) is 0 Å². The summed E-state index contributed by atoms with van der Waals surface area (Å²) in [4.78, 5) is 37.1. The lowest BCUT2D eigenvalue weighted by Gasteiger charge is -2.06. The van der Waals surface area contributed by atoms with E-state index in [-0.39, 0.29) is 22.0 Å². The highest BCUT2D eigenvalue weighted by atomic mass is 35.5. The van der Waals surface area contributed by atoms with Gasteiger partial charge in [-0.1, -0.05) is 11.6 Å². The fourth-order valence-corrected chi connectivity index (χ4v) is 2.40. The molecule has 8 heteroatoms. The Kier molecular flexibility index (Phi) is 4.51. The summed E-state index contributed by atoms with van der Waals surface area (Å²) in [5, 5.41) is 11.1. The van der Waals surface area contributed by atoms with Crippen LogP contribution >= 0.6 is 11.6 Å². The molecule has 6 nitrogen and oxygen atoms in total. The number of halogens is 2. The maximum atomic E-state index is 13.2. The van der Waals surface area contributed by atoms with Crippen LogP contribution in [-0.2, 0) is 4.79 Å². The lowest BCUT2D eigenvalue weighted by molar-refractivity contribution is -0.131. The summed E-state index contributed by atoms with van der Waals surface area (Å²) in [6.45, 7) is 2.95. The Hall–Kier alpha value is -2.67. The third-order valence-electron chi connectivity index (χ3n) is 3.27. The number of Topliss-reactive ketones (excluding diaryl/α,β-unsaturated/α-hetero) is 1. The maximum absolute atomic E-state index is 13.2. The Labute approximate surface area is 135 Å². The van der Waals surface area contributed by atoms with Crippen LogP contribution < -0.4 is 5.32 Å². The largest absolute Gasteiger partial charge is 0.475 e. The number of H-pyrrole nitrogens is 1. The topological polar surface area (TPSA) is 99.3 Å². The molecule has 1 amide bonds. The van der Waals surface area contributed by atoms with Crippen LogP contribution in [0.15, 0.2) is 18.2 Å². The first-order valence-corrected chi connectivity index (χ1v) is 6.83. The highest BCUT2D eigenvalue weighted by molar-refractivity contribution is 6.45. The molecule has 0 saturated heterocycles. The van der Waals surface area contributed by atoms with Crippen molar-refractivity contribution in [1.82, 2.24) is 4.98 Å². The highest BCUT2D eigenvalue weighted by Crippen LogP contribution is 2.24. The predicted octanol–water partition coefficient (Wildman–Crippen LogP) is 2.94. The molecule has 0 unspecified atom stereocenters. The van der Waals surface area contributed by atoms with Crippen LogP contribution in [0.25, 0.3) is 0 Å². The van der Waals surface area contributed by atoms with E-state index in [1.807, 2.05) is 0 Å². The summed E-state index contributed by atoms with van der Waals surface area (Å²) in [6, 6.07) is 4.03. The first kappa shape index (κ1) is 16.7. The first-order valence-electron chi connectivity index (χ1n) is 6.45. The Morgan fingerprint density at radius 1 is 1.26 bits per heavy atom. The van der Waals surface area contributed by atoms with Crippen LogP contribution in [0, 0.1) is 19.7 Å². The lowest BCUT2D eigenvalue weighted by Crippen LogP contribution is -2.16. The number of aliphatic carboxylic acids is 1. The van der Waals surface area contributed by atoms with Crippen LogP contribution in [0.2, 0.25) is 5.15 Å². The number of carbonyl (C=O) groups excluding carboxylic acids is 2. The van der Waals surface area contributed by atoms with Crippen molar-refractivity contribution in [2.24, 2.45) is 0 Å². The first-order chi connectivity index (χ1) is 10.7. The number of aromatic amines is 1. The molecule has 0 bridgehead atoms. The van der Waals surface area contributed by atoms with E-state index in [1.165, 1.54) is 25.1 Å². The number of anilines is 1. The van der Waals surface area contributed by atoms with E-state index in [2.05, 4.69) is 10.3 Å². The number of carbonyl (C=O) groups is 3. The number of carboxylic acid groups (broad SMARTS) is 1. The van der Waals surface area contributed by atoms with Gasteiger partial charge in [0.05, 0.1) is 5.56 Å². The molecule has 1 heterocycles. The fourth-order valence-electron chi connectivity index (χ4n) is 2.08. The molecule has 1 aromatic heterocycles. The third kappa shape index (κ3) is 3.24. The molecule has 0 fully saturated rings. The zero-order chi connectivity index (χ0) is 17.3. The van der Waals surface area contributed by atoms with Gasteiger partial charge in [-0.05, 0) is 43.2 Å². The van der Waals surface area contributed by atoms with Gasteiger partial charge in [-0.25, -0.2) is 9.18 Å². The third-order valence-corrected chi connectivity index (χ3v) is 3.55. The molecule has 0 spiro atoms. The average Bonchev–Trinajstić information content (AvgIpc) is 2.77. The zero-order valence-corrected chi connectivity index (χ0v) is 12.9. The number of aryl methyl sites for hydroxylation is 1. The Morgan fingerprint density at radius 2 is 1.91 bits per heavy atom. The molecule has 120 valence electrons. The van der Waals surface area contributed by atoms with Crippen molar-refractivity contribution >= 4 is 34.9 Å². The van der Waals surface area contributed by atoms with E-state index in [4.69, 9.17) is 16.7 Å². The summed E-state index contributed by atoms with van der Waals surface area (Å²) in [7, 11) is 0. The molecular formula is C15H12ClFN2O4. The van der Waals surface area contributed by atoms with Gasteiger partial charge >= 0.3 is 5.97 Å². The second-order valence-electron chi connectivity index (χ2n) is 4.87. The van der Waals surface area contributed by atoms with E-state index >= 15 is 0 Å². The van der Waals surface area contributed by atoms with Gasteiger partial charge in [0.25, 0.3) is 11.7 Å². The van der Waals surface area contributed by atoms with Crippen molar-refractivity contribution in [3.8, 4) is 0 Å². The number of ketones is 1. The number of amides is 1. The smallest absolute Gasteiger partial charge is 0.377 e. The van der Waals surface area contributed by atoms with E-state index in [9.17, 15) is 18.8 Å². The van der Waals surface area contributed by atoms with Crippen LogP contribution in [0.3, 0.4) is 0 Å². The molecule has 0 aliphatic carbocycles. The number of rotatable bonds is 4. The summed E-state index contributed by atoms with van der Waals surface area (Å²) in [5.41, 5.74) is 0.524. The number of nitrogens with one attached hydrogen (secondary N) is 2. The summed E-state index contributed by atoms with van der Waals surface area (Å²) in [6.07, 6.45) is 0. The van der Waals surface area contributed by atoms with Gasteiger partial charge < -0.3 is 15.4 Å². The number of benzene rings is 1. The van der Waals surface area contributed by atoms with Gasteiger partial charge in [0.1, 0.15) is 16.7 Å². The van der Waals surface area contributed by atoms with Crippen molar-refractivity contribution in [2.75, 3.05) is 5.32 Å². The molecule has 2 rings (SSSR count). The van der Waals surface area contributed by atoms with E-state index < -0.39 is 23.5 Å². The van der Waals surface area contributed by atoms with Gasteiger partial charge in [0.2, 0.25) is 0 Å². The Morgan fingerprint density at radius 3 is 2.48 bits per heavy atom. The minimum absolute atomic E-state index is 0.0402. The lowest BCUT2D eigenvalue weighted by atomic mass is 10.1. The molecule has 3 N–H and O–H groups in total. The summed E-state index contributed by atoms with van der Waals surface area (Å²) < 4.78 is 13.2. The van der Waals surface area contributed by atoms with Crippen molar-refractivity contribution in [3.05, 3.63) is 51.6 Å². The Balaban J connectivity index is 2.33. The van der Waals surface area contributed by atoms with Crippen LogP contribution in [0.5, 0.6) is 0 Å². The van der Waals surface area contributed by atoms with Crippen LogP contribution in [-0.4, -0.2) is 27.8 Å². The van der Waals surface area contributed by atoms with Crippen molar-refractivity contribution in [2.45, 2.75) is 13.8 Å². The number of aromatic nitrogens is 1. The van der Waals surface area contributed by atoms with E-state index in [1.54, 1.807) is 6.92 Å². The number of carboxylic acids is 1. The van der Waals surface area contributed by atoms with Gasteiger partial charge in [-0.3, -0.25) is 9.59 Å².